The second kappa shape index (κ2) is 4.52. The molecule has 6 heteroatoms. The molecule has 0 fully saturated rings. The topological polar surface area (TPSA) is 17.3 Å². The van der Waals surface area contributed by atoms with Gasteiger partial charge in [0.05, 0.1) is 17.3 Å². The molecule has 0 atom stereocenters. The lowest BCUT2D eigenvalue weighted by atomic mass is 10.1. The maximum Gasteiger partial charge on any atom is 0.416 e. The van der Waals surface area contributed by atoms with Crippen molar-refractivity contribution in [3.05, 3.63) is 59.4 Å². The quantitative estimate of drug-likeness (QED) is 0.596. The van der Waals surface area contributed by atoms with Crippen LogP contribution in [0.5, 0.6) is 0 Å². The van der Waals surface area contributed by atoms with Crippen molar-refractivity contribution in [2.45, 2.75) is 6.18 Å². The number of rotatable bonds is 1. The van der Waals surface area contributed by atoms with E-state index in [1.165, 1.54) is 12.1 Å². The van der Waals surface area contributed by atoms with Gasteiger partial charge in [-0.1, -0.05) is 29.8 Å². The molecule has 0 aliphatic rings. The summed E-state index contributed by atoms with van der Waals surface area (Å²) in [6.45, 7) is 0. The molecule has 20 heavy (non-hydrogen) atoms. The summed E-state index contributed by atoms with van der Waals surface area (Å²) in [5.74, 6) is 0.513. The SMILES string of the molecule is FC(F)(F)c1ccc(-c2ncc3cccc(Cl)n23)cc1. The van der Waals surface area contributed by atoms with Gasteiger partial charge in [-0.25, -0.2) is 4.98 Å². The Morgan fingerprint density at radius 1 is 1.00 bits per heavy atom. The summed E-state index contributed by atoms with van der Waals surface area (Å²) < 4.78 is 39.3. The third-order valence-electron chi connectivity index (χ3n) is 2.97. The zero-order valence-electron chi connectivity index (χ0n) is 10.0. The summed E-state index contributed by atoms with van der Waals surface area (Å²) in [5.41, 5.74) is 0.673. The van der Waals surface area contributed by atoms with Crippen molar-refractivity contribution in [1.82, 2.24) is 9.38 Å². The molecule has 2 heterocycles. The first-order valence-electron chi connectivity index (χ1n) is 5.76. The van der Waals surface area contributed by atoms with Crippen LogP contribution in [-0.4, -0.2) is 9.38 Å². The van der Waals surface area contributed by atoms with E-state index in [-0.39, 0.29) is 0 Å². The highest BCUT2D eigenvalue weighted by Crippen LogP contribution is 2.31. The van der Waals surface area contributed by atoms with Gasteiger partial charge in [0.15, 0.2) is 0 Å². The Hall–Kier alpha value is -2.01. The Balaban J connectivity index is 2.12. The van der Waals surface area contributed by atoms with E-state index in [0.29, 0.717) is 16.5 Å². The third kappa shape index (κ3) is 2.14. The van der Waals surface area contributed by atoms with E-state index in [2.05, 4.69) is 4.98 Å². The Morgan fingerprint density at radius 3 is 2.35 bits per heavy atom. The predicted molar refractivity (Wildman–Crippen MR) is 70.6 cm³/mol. The first-order chi connectivity index (χ1) is 9.47. The minimum absolute atomic E-state index is 0.454. The number of halogens is 4. The van der Waals surface area contributed by atoms with Crippen LogP contribution in [0.3, 0.4) is 0 Å². The Morgan fingerprint density at radius 2 is 1.70 bits per heavy atom. The monoisotopic (exact) mass is 296 g/mol. The number of hydrogen-bond acceptors (Lipinski definition) is 1. The van der Waals surface area contributed by atoms with Gasteiger partial charge in [-0.2, -0.15) is 13.2 Å². The van der Waals surface area contributed by atoms with E-state index in [4.69, 9.17) is 11.6 Å². The van der Waals surface area contributed by atoms with Crippen molar-refractivity contribution in [2.24, 2.45) is 0 Å². The number of benzene rings is 1. The van der Waals surface area contributed by atoms with Crippen molar-refractivity contribution >= 4 is 17.1 Å². The van der Waals surface area contributed by atoms with Crippen LogP contribution in [0.25, 0.3) is 16.9 Å². The zero-order valence-corrected chi connectivity index (χ0v) is 10.8. The van der Waals surface area contributed by atoms with Gasteiger partial charge in [0.2, 0.25) is 0 Å². The van der Waals surface area contributed by atoms with Gasteiger partial charge < -0.3 is 0 Å². The molecular formula is C14H8ClF3N2. The molecular weight excluding hydrogens is 289 g/mol. The molecule has 2 aromatic heterocycles. The van der Waals surface area contributed by atoms with Crippen molar-refractivity contribution in [1.29, 1.82) is 0 Å². The highest BCUT2D eigenvalue weighted by Gasteiger charge is 2.30. The highest BCUT2D eigenvalue weighted by molar-refractivity contribution is 6.30. The van der Waals surface area contributed by atoms with Crippen LogP contribution >= 0.6 is 11.6 Å². The number of imidazole rings is 1. The van der Waals surface area contributed by atoms with E-state index < -0.39 is 11.7 Å². The Bertz CT molecular complexity index is 760. The smallest absolute Gasteiger partial charge is 0.283 e. The Labute approximate surface area is 117 Å². The maximum absolute atomic E-state index is 12.5. The zero-order chi connectivity index (χ0) is 14.3. The molecule has 0 amide bonds. The van der Waals surface area contributed by atoms with Crippen LogP contribution in [0.2, 0.25) is 5.15 Å². The standard InChI is InChI=1S/C14H8ClF3N2/c15-12-3-1-2-11-8-19-13(20(11)12)9-4-6-10(7-5-9)14(16,17)18/h1-8H. The molecule has 0 saturated heterocycles. The lowest BCUT2D eigenvalue weighted by Crippen LogP contribution is -2.04. The fourth-order valence-electron chi connectivity index (χ4n) is 2.02. The van der Waals surface area contributed by atoms with Gasteiger partial charge in [0.1, 0.15) is 11.0 Å². The molecule has 3 rings (SSSR count). The second-order valence-electron chi connectivity index (χ2n) is 4.27. The number of fused-ring (bicyclic) bond motifs is 1. The van der Waals surface area contributed by atoms with Crippen LogP contribution in [0, 0.1) is 0 Å². The van der Waals surface area contributed by atoms with Crippen molar-refractivity contribution < 1.29 is 13.2 Å². The first-order valence-corrected chi connectivity index (χ1v) is 6.14. The summed E-state index contributed by atoms with van der Waals surface area (Å²) in [6, 6.07) is 10.2. The normalized spacial score (nSPS) is 12.0. The fraction of sp³-hybridized carbons (Fsp3) is 0.0714. The van der Waals surface area contributed by atoms with Gasteiger partial charge in [0.25, 0.3) is 0 Å². The molecule has 0 bridgehead atoms. The minimum atomic E-state index is -4.34. The van der Waals surface area contributed by atoms with E-state index in [1.807, 2.05) is 6.07 Å². The van der Waals surface area contributed by atoms with E-state index in [1.54, 1.807) is 22.7 Å². The van der Waals surface area contributed by atoms with E-state index >= 15 is 0 Å². The van der Waals surface area contributed by atoms with Gasteiger partial charge in [0, 0.05) is 5.56 Å². The highest BCUT2D eigenvalue weighted by atomic mass is 35.5. The number of pyridine rings is 1. The number of aromatic nitrogens is 2. The first kappa shape index (κ1) is 13.0. The fourth-order valence-corrected chi connectivity index (χ4v) is 2.27. The van der Waals surface area contributed by atoms with Crippen LogP contribution in [-0.2, 0) is 6.18 Å². The molecule has 0 aliphatic heterocycles. The van der Waals surface area contributed by atoms with Crippen molar-refractivity contribution in [3.63, 3.8) is 0 Å². The molecule has 0 unspecified atom stereocenters. The summed E-state index contributed by atoms with van der Waals surface area (Å²) in [7, 11) is 0. The van der Waals surface area contributed by atoms with Crippen LogP contribution in [0.15, 0.2) is 48.7 Å². The van der Waals surface area contributed by atoms with Crippen molar-refractivity contribution in [2.75, 3.05) is 0 Å². The summed E-state index contributed by atoms with van der Waals surface area (Å²) in [6.07, 6.45) is -2.72. The lowest BCUT2D eigenvalue weighted by molar-refractivity contribution is -0.137. The average Bonchev–Trinajstić information content (AvgIpc) is 2.83. The second-order valence-corrected chi connectivity index (χ2v) is 4.65. The Kier molecular flexibility index (Phi) is 2.94. The molecule has 102 valence electrons. The van der Waals surface area contributed by atoms with Gasteiger partial charge in [-0.05, 0) is 24.3 Å². The van der Waals surface area contributed by atoms with Gasteiger partial charge >= 0.3 is 6.18 Å². The number of alkyl halides is 3. The molecule has 0 aliphatic carbocycles. The molecule has 0 spiro atoms. The minimum Gasteiger partial charge on any atom is -0.283 e. The predicted octanol–water partition coefficient (Wildman–Crippen LogP) is 4.67. The summed E-state index contributed by atoms with van der Waals surface area (Å²) >= 11 is 6.10. The van der Waals surface area contributed by atoms with E-state index in [9.17, 15) is 13.2 Å². The molecule has 0 radical (unpaired) electrons. The van der Waals surface area contributed by atoms with Crippen LogP contribution in [0.1, 0.15) is 5.56 Å². The van der Waals surface area contributed by atoms with E-state index in [0.717, 1.165) is 17.6 Å². The number of nitrogens with zero attached hydrogens (tertiary/aromatic N) is 2. The van der Waals surface area contributed by atoms with Gasteiger partial charge in [-0.15, -0.1) is 0 Å². The summed E-state index contributed by atoms with van der Waals surface area (Å²) in [4.78, 5) is 4.22. The average molecular weight is 297 g/mol. The largest absolute Gasteiger partial charge is 0.416 e. The molecule has 0 saturated carbocycles. The molecule has 1 aromatic carbocycles. The maximum atomic E-state index is 12.5. The molecule has 3 aromatic rings. The summed E-state index contributed by atoms with van der Waals surface area (Å²) in [5, 5.41) is 0.454. The van der Waals surface area contributed by atoms with Crippen molar-refractivity contribution in [3.8, 4) is 11.4 Å². The lowest BCUT2D eigenvalue weighted by Gasteiger charge is -2.08. The van der Waals surface area contributed by atoms with Crippen LogP contribution < -0.4 is 0 Å². The molecule has 2 nitrogen and oxygen atoms in total. The number of hydrogen-bond donors (Lipinski definition) is 0. The molecule has 0 N–H and O–H groups in total. The third-order valence-corrected chi connectivity index (χ3v) is 3.27. The van der Waals surface area contributed by atoms with Gasteiger partial charge in [-0.3, -0.25) is 4.40 Å². The van der Waals surface area contributed by atoms with Crippen LogP contribution in [0.4, 0.5) is 13.2 Å².